The van der Waals surface area contributed by atoms with Gasteiger partial charge in [0, 0.05) is 26.8 Å². The van der Waals surface area contributed by atoms with Gasteiger partial charge >= 0.3 is 4.87 Å². The van der Waals surface area contributed by atoms with Crippen molar-refractivity contribution in [3.05, 3.63) is 79.5 Å². The largest absolute Gasteiger partial charge is 0.325 e. The maximum Gasteiger partial charge on any atom is 0.308 e. The Morgan fingerprint density at radius 2 is 1.82 bits per heavy atom. The van der Waals surface area contributed by atoms with Crippen molar-refractivity contribution in [2.45, 2.75) is 42.0 Å². The standard InChI is InChI=1S/C25H22ClFN2O2S2/c26-16-5-9-18(10-6-16)28-19(30)12-29-24-23(33-25(29)31)20(13-3-7-17(27)8-4-13)21-14-1-2-15(11-14)22(21)32-24/h3-10,14-15,20-22H,1-2,11-12H2,(H,28,30)/t14?,15?,20-,21?,22?/m0/s1. The third-order valence-corrected chi connectivity index (χ3v) is 10.4. The quantitative estimate of drug-likeness (QED) is 0.478. The summed E-state index contributed by atoms with van der Waals surface area (Å²) in [6.07, 6.45) is 3.70. The van der Waals surface area contributed by atoms with Crippen molar-refractivity contribution >= 4 is 46.3 Å². The van der Waals surface area contributed by atoms with Crippen molar-refractivity contribution in [1.29, 1.82) is 0 Å². The van der Waals surface area contributed by atoms with Crippen LogP contribution in [0.25, 0.3) is 0 Å². The van der Waals surface area contributed by atoms with Crippen LogP contribution in [-0.2, 0) is 11.3 Å². The van der Waals surface area contributed by atoms with E-state index in [4.69, 9.17) is 11.6 Å². The number of aromatic nitrogens is 1. The van der Waals surface area contributed by atoms with E-state index in [1.807, 2.05) is 12.1 Å². The van der Waals surface area contributed by atoms with Crippen LogP contribution in [-0.4, -0.2) is 15.7 Å². The fourth-order valence-corrected chi connectivity index (χ4v) is 9.28. The maximum atomic E-state index is 13.7. The van der Waals surface area contributed by atoms with E-state index in [-0.39, 0.29) is 29.1 Å². The Balaban J connectivity index is 1.36. The van der Waals surface area contributed by atoms with Crippen molar-refractivity contribution in [2.24, 2.45) is 17.8 Å². The molecule has 4 unspecified atom stereocenters. The number of amides is 1. The predicted octanol–water partition coefficient (Wildman–Crippen LogP) is 5.99. The van der Waals surface area contributed by atoms with Crippen LogP contribution >= 0.6 is 34.7 Å². The van der Waals surface area contributed by atoms with Gasteiger partial charge in [0.05, 0.1) is 5.03 Å². The molecular formula is C25H22ClFN2O2S2. The number of nitrogens with zero attached hydrogens (tertiary/aromatic N) is 1. The molecule has 170 valence electrons. The van der Waals surface area contributed by atoms with Gasteiger partial charge in [-0.15, -0.1) is 11.8 Å². The molecule has 1 N–H and O–H groups in total. The van der Waals surface area contributed by atoms with E-state index in [0.29, 0.717) is 33.7 Å². The fraction of sp³-hybridized carbons (Fsp3) is 0.360. The Kier molecular flexibility index (Phi) is 5.39. The number of nitrogens with one attached hydrogen (secondary N) is 1. The van der Waals surface area contributed by atoms with E-state index in [9.17, 15) is 14.0 Å². The summed E-state index contributed by atoms with van der Waals surface area (Å²) in [4.78, 5) is 26.8. The molecular weight excluding hydrogens is 479 g/mol. The van der Waals surface area contributed by atoms with Gasteiger partial charge in [-0.05, 0) is 79.0 Å². The zero-order chi connectivity index (χ0) is 22.7. The lowest BCUT2D eigenvalue weighted by Crippen LogP contribution is -2.34. The lowest BCUT2D eigenvalue weighted by molar-refractivity contribution is -0.116. The third kappa shape index (κ3) is 3.74. The molecule has 0 spiro atoms. The number of anilines is 1. The topological polar surface area (TPSA) is 51.1 Å². The van der Waals surface area contributed by atoms with Crippen LogP contribution in [0.1, 0.15) is 35.6 Å². The van der Waals surface area contributed by atoms with Crippen LogP contribution in [0.3, 0.4) is 0 Å². The van der Waals surface area contributed by atoms with Gasteiger partial charge in [-0.25, -0.2) is 4.39 Å². The Morgan fingerprint density at radius 3 is 2.58 bits per heavy atom. The van der Waals surface area contributed by atoms with Gasteiger partial charge < -0.3 is 5.32 Å². The zero-order valence-electron chi connectivity index (χ0n) is 17.7. The van der Waals surface area contributed by atoms with Crippen molar-refractivity contribution in [2.75, 3.05) is 5.32 Å². The zero-order valence-corrected chi connectivity index (χ0v) is 20.1. The number of fused-ring (bicyclic) bond motifs is 6. The van der Waals surface area contributed by atoms with Gasteiger partial charge in [0.1, 0.15) is 12.4 Å². The molecule has 2 heterocycles. The lowest BCUT2D eigenvalue weighted by Gasteiger charge is -2.40. The number of thiazole rings is 1. The summed E-state index contributed by atoms with van der Waals surface area (Å²) in [7, 11) is 0. The van der Waals surface area contributed by atoms with E-state index >= 15 is 0 Å². The summed E-state index contributed by atoms with van der Waals surface area (Å²) >= 11 is 8.96. The van der Waals surface area contributed by atoms with E-state index in [0.717, 1.165) is 15.5 Å². The summed E-state index contributed by atoms with van der Waals surface area (Å²) in [6.45, 7) is -0.0259. The number of benzene rings is 2. The Hall–Kier alpha value is -2.09. The molecule has 0 radical (unpaired) electrons. The van der Waals surface area contributed by atoms with Crippen molar-refractivity contribution in [3.63, 3.8) is 0 Å². The van der Waals surface area contributed by atoms with Crippen LogP contribution in [0.15, 0.2) is 58.4 Å². The molecule has 5 atom stereocenters. The molecule has 2 aromatic carbocycles. The highest BCUT2D eigenvalue weighted by atomic mass is 35.5. The molecule has 1 aliphatic heterocycles. The smallest absolute Gasteiger partial charge is 0.308 e. The highest BCUT2D eigenvalue weighted by Crippen LogP contribution is 2.64. The summed E-state index contributed by atoms with van der Waals surface area (Å²) < 4.78 is 15.3. The number of halogens is 2. The van der Waals surface area contributed by atoms with Gasteiger partial charge in [-0.1, -0.05) is 35.1 Å². The van der Waals surface area contributed by atoms with Crippen LogP contribution in [0, 0.1) is 23.6 Å². The molecule has 2 aliphatic carbocycles. The Labute approximate surface area is 204 Å². The molecule has 1 aromatic heterocycles. The Bertz CT molecular complexity index is 1270. The second-order valence-electron chi connectivity index (χ2n) is 9.20. The highest BCUT2D eigenvalue weighted by Gasteiger charge is 2.55. The predicted molar refractivity (Wildman–Crippen MR) is 131 cm³/mol. The van der Waals surface area contributed by atoms with Crippen LogP contribution in [0.2, 0.25) is 5.02 Å². The van der Waals surface area contributed by atoms with Crippen molar-refractivity contribution < 1.29 is 9.18 Å². The molecule has 0 saturated heterocycles. The van der Waals surface area contributed by atoms with Gasteiger partial charge in [0.2, 0.25) is 5.91 Å². The van der Waals surface area contributed by atoms with Crippen LogP contribution < -0.4 is 10.2 Å². The number of carbonyl (C=O) groups is 1. The molecule has 3 aliphatic rings. The third-order valence-electron chi connectivity index (χ3n) is 7.35. The minimum absolute atomic E-state index is 0.0259. The first-order valence-corrected chi connectivity index (χ1v) is 13.3. The summed E-state index contributed by atoms with van der Waals surface area (Å²) in [5.74, 6) is 1.34. The second-order valence-corrected chi connectivity index (χ2v) is 11.8. The van der Waals surface area contributed by atoms with Gasteiger partial charge in [-0.3, -0.25) is 14.2 Å². The number of rotatable bonds is 4. The molecule has 6 rings (SSSR count). The lowest BCUT2D eigenvalue weighted by atomic mass is 9.75. The summed E-state index contributed by atoms with van der Waals surface area (Å²) in [6, 6.07) is 13.7. The van der Waals surface area contributed by atoms with Crippen LogP contribution in [0.5, 0.6) is 0 Å². The average molecular weight is 501 g/mol. The van der Waals surface area contributed by atoms with E-state index in [1.54, 1.807) is 40.6 Å². The second kappa shape index (κ2) is 8.29. The maximum absolute atomic E-state index is 13.7. The fourth-order valence-electron chi connectivity index (χ4n) is 6.01. The molecule has 2 saturated carbocycles. The molecule has 2 bridgehead atoms. The van der Waals surface area contributed by atoms with E-state index < -0.39 is 0 Å². The number of carbonyl (C=O) groups excluding carboxylic acids is 1. The first-order chi connectivity index (χ1) is 16.0. The molecule has 8 heteroatoms. The first-order valence-electron chi connectivity index (χ1n) is 11.2. The van der Waals surface area contributed by atoms with Crippen molar-refractivity contribution in [1.82, 2.24) is 4.57 Å². The number of hydrogen-bond donors (Lipinski definition) is 1. The minimum atomic E-state index is -0.252. The first kappa shape index (κ1) is 21.4. The van der Waals surface area contributed by atoms with Crippen LogP contribution in [0.4, 0.5) is 10.1 Å². The SMILES string of the molecule is O=C(Cn1c2c(sc1=O)[C@@H](c1ccc(F)cc1)C1C3CCC(C3)C1S2)Nc1ccc(Cl)cc1. The van der Waals surface area contributed by atoms with E-state index in [1.165, 1.54) is 42.7 Å². The molecule has 4 nitrogen and oxygen atoms in total. The van der Waals surface area contributed by atoms with Crippen molar-refractivity contribution in [3.8, 4) is 0 Å². The minimum Gasteiger partial charge on any atom is -0.325 e. The molecule has 1 amide bonds. The Morgan fingerprint density at radius 1 is 1.09 bits per heavy atom. The molecule has 2 fully saturated rings. The summed E-state index contributed by atoms with van der Waals surface area (Å²) in [5.41, 5.74) is 1.71. The highest BCUT2D eigenvalue weighted by molar-refractivity contribution is 8.00. The van der Waals surface area contributed by atoms with Gasteiger partial charge in [0.15, 0.2) is 0 Å². The van der Waals surface area contributed by atoms with E-state index in [2.05, 4.69) is 5.32 Å². The normalized spacial score (nSPS) is 27.3. The molecule has 33 heavy (non-hydrogen) atoms. The number of hydrogen-bond acceptors (Lipinski definition) is 4. The van der Waals surface area contributed by atoms with Gasteiger partial charge in [0.25, 0.3) is 0 Å². The summed E-state index contributed by atoms with van der Waals surface area (Å²) in [5, 5.41) is 4.81. The van der Waals surface area contributed by atoms with Gasteiger partial charge in [-0.2, -0.15) is 0 Å². The monoisotopic (exact) mass is 500 g/mol. The number of thioether (sulfide) groups is 1. The molecule has 3 aromatic rings. The average Bonchev–Trinajstić information content (AvgIpc) is 3.49.